The van der Waals surface area contributed by atoms with Crippen molar-refractivity contribution in [2.24, 2.45) is 0 Å². The molecule has 0 N–H and O–H groups in total. The molecular formula is C18H32O6P2. The summed E-state index contributed by atoms with van der Waals surface area (Å²) >= 11 is 0. The summed E-state index contributed by atoms with van der Waals surface area (Å²) in [4.78, 5) is 0. The van der Waals surface area contributed by atoms with Gasteiger partial charge in [0, 0.05) is 0 Å². The van der Waals surface area contributed by atoms with E-state index in [0.29, 0.717) is 12.8 Å². The molecule has 0 heterocycles. The molecule has 0 saturated heterocycles. The fourth-order valence-corrected chi connectivity index (χ4v) is 8.22. The number of benzene rings is 1. The van der Waals surface area contributed by atoms with Gasteiger partial charge in [-0.15, -0.1) is 0 Å². The summed E-state index contributed by atoms with van der Waals surface area (Å²) in [7, 11) is -7.29. The molecule has 0 fully saturated rings. The Morgan fingerprint density at radius 2 is 1.19 bits per heavy atom. The van der Waals surface area contributed by atoms with Crippen LogP contribution in [0, 0.1) is 0 Å². The van der Waals surface area contributed by atoms with Gasteiger partial charge in [0.05, 0.1) is 26.4 Å². The average Bonchev–Trinajstić information content (AvgIpc) is 2.60. The predicted octanol–water partition coefficient (Wildman–Crippen LogP) is 5.87. The van der Waals surface area contributed by atoms with Gasteiger partial charge in [-0.2, -0.15) is 0 Å². The van der Waals surface area contributed by atoms with Crippen LogP contribution in [0.5, 0.6) is 0 Å². The summed E-state index contributed by atoms with van der Waals surface area (Å²) in [6.45, 7) is 7.74. The van der Waals surface area contributed by atoms with Crippen molar-refractivity contribution in [2.75, 3.05) is 26.4 Å². The lowest BCUT2D eigenvalue weighted by molar-refractivity contribution is 0.193. The molecule has 0 unspecified atom stereocenters. The first kappa shape index (κ1) is 23.6. The summed E-state index contributed by atoms with van der Waals surface area (Å²) in [6.07, 6.45) is 1.81. The smallest absolute Gasteiger partial charge is 0.308 e. The first-order valence-electron chi connectivity index (χ1n) is 9.27. The minimum Gasteiger partial charge on any atom is -0.308 e. The van der Waals surface area contributed by atoms with Crippen molar-refractivity contribution in [3.63, 3.8) is 0 Å². The third-order valence-electron chi connectivity index (χ3n) is 3.74. The van der Waals surface area contributed by atoms with E-state index in [1.165, 1.54) is 0 Å². The lowest BCUT2D eigenvalue weighted by Crippen LogP contribution is -2.18. The van der Waals surface area contributed by atoms with E-state index in [1.807, 2.05) is 30.3 Å². The predicted molar refractivity (Wildman–Crippen MR) is 105 cm³/mol. The summed E-state index contributed by atoms with van der Waals surface area (Å²) in [5.74, 6) is 0. The van der Waals surface area contributed by atoms with Crippen LogP contribution in [0.4, 0.5) is 0 Å². The zero-order chi connectivity index (χ0) is 19.5. The molecule has 26 heavy (non-hydrogen) atoms. The van der Waals surface area contributed by atoms with Gasteiger partial charge in [-0.05, 0) is 52.5 Å². The maximum atomic E-state index is 13.4. The Bertz CT molecular complexity index is 543. The summed E-state index contributed by atoms with van der Waals surface area (Å²) in [6, 6.07) is 9.98. The lowest BCUT2D eigenvalue weighted by Gasteiger charge is -2.31. The average molecular weight is 406 g/mol. The van der Waals surface area contributed by atoms with Gasteiger partial charge < -0.3 is 18.1 Å². The van der Waals surface area contributed by atoms with E-state index in [4.69, 9.17) is 18.1 Å². The van der Waals surface area contributed by atoms with Gasteiger partial charge >= 0.3 is 15.2 Å². The minimum atomic E-state index is -3.64. The van der Waals surface area contributed by atoms with E-state index in [0.717, 1.165) is 12.0 Å². The maximum Gasteiger partial charge on any atom is 0.345 e. The fourth-order valence-electron chi connectivity index (χ4n) is 2.76. The van der Waals surface area contributed by atoms with Crippen LogP contribution in [0.1, 0.15) is 46.1 Å². The van der Waals surface area contributed by atoms with Crippen LogP contribution in [0.25, 0.3) is 0 Å². The molecular weight excluding hydrogens is 374 g/mol. The number of hydrogen-bond acceptors (Lipinski definition) is 6. The molecule has 0 aliphatic heterocycles. The summed E-state index contributed by atoms with van der Waals surface area (Å²) in [5.41, 5.74) is 1.16. The molecule has 6 nitrogen and oxygen atoms in total. The molecule has 0 saturated carbocycles. The van der Waals surface area contributed by atoms with Crippen molar-refractivity contribution in [3.8, 4) is 0 Å². The molecule has 0 radical (unpaired) electrons. The number of aryl methyl sites for hydroxylation is 1. The van der Waals surface area contributed by atoms with E-state index >= 15 is 0 Å². The van der Waals surface area contributed by atoms with Crippen molar-refractivity contribution in [1.82, 2.24) is 0 Å². The van der Waals surface area contributed by atoms with Crippen LogP contribution in [-0.4, -0.2) is 31.8 Å². The van der Waals surface area contributed by atoms with Crippen molar-refractivity contribution < 1.29 is 27.2 Å². The molecule has 150 valence electrons. The largest absolute Gasteiger partial charge is 0.345 e. The Hall–Kier alpha value is -0.480. The highest BCUT2D eigenvalue weighted by atomic mass is 31.2. The zero-order valence-electron chi connectivity index (χ0n) is 16.3. The summed E-state index contributed by atoms with van der Waals surface area (Å²) in [5, 5.41) is -0.932. The Balaban J connectivity index is 3.06. The van der Waals surface area contributed by atoms with Crippen LogP contribution in [0.15, 0.2) is 30.3 Å². The van der Waals surface area contributed by atoms with Gasteiger partial charge in [0.15, 0.2) is 5.40 Å². The van der Waals surface area contributed by atoms with Crippen molar-refractivity contribution in [2.45, 2.75) is 52.4 Å². The number of hydrogen-bond donors (Lipinski definition) is 0. The molecule has 0 amide bonds. The van der Waals surface area contributed by atoms with Crippen LogP contribution in [0.3, 0.4) is 0 Å². The molecule has 0 aliphatic carbocycles. The van der Waals surface area contributed by atoms with Crippen molar-refractivity contribution in [3.05, 3.63) is 35.9 Å². The van der Waals surface area contributed by atoms with E-state index in [-0.39, 0.29) is 26.4 Å². The lowest BCUT2D eigenvalue weighted by atomic mass is 10.1. The van der Waals surface area contributed by atoms with Crippen molar-refractivity contribution >= 4 is 15.2 Å². The van der Waals surface area contributed by atoms with E-state index in [2.05, 4.69) is 0 Å². The van der Waals surface area contributed by atoms with Gasteiger partial charge in [0.2, 0.25) is 0 Å². The summed E-state index contributed by atoms with van der Waals surface area (Å²) < 4.78 is 48.6. The Morgan fingerprint density at radius 3 is 1.58 bits per heavy atom. The first-order chi connectivity index (χ1) is 12.5. The molecule has 0 bridgehead atoms. The topological polar surface area (TPSA) is 71.1 Å². The number of rotatable bonds is 14. The van der Waals surface area contributed by atoms with Crippen LogP contribution < -0.4 is 0 Å². The van der Waals surface area contributed by atoms with Gasteiger partial charge in [-0.1, -0.05) is 30.3 Å². The molecule has 0 aliphatic rings. The minimum absolute atomic E-state index is 0.199. The third-order valence-corrected chi connectivity index (χ3v) is 9.88. The molecule has 1 aromatic rings. The quantitative estimate of drug-likeness (QED) is 0.360. The van der Waals surface area contributed by atoms with Gasteiger partial charge in [-0.25, -0.2) is 0 Å². The van der Waals surface area contributed by atoms with E-state index in [1.54, 1.807) is 27.7 Å². The van der Waals surface area contributed by atoms with Crippen LogP contribution in [-0.2, 0) is 33.6 Å². The van der Waals surface area contributed by atoms with Gasteiger partial charge in [-0.3, -0.25) is 9.13 Å². The Morgan fingerprint density at radius 1 is 0.769 bits per heavy atom. The molecule has 0 aromatic heterocycles. The maximum absolute atomic E-state index is 13.4. The third kappa shape index (κ3) is 6.92. The van der Waals surface area contributed by atoms with Gasteiger partial charge in [0.1, 0.15) is 0 Å². The Labute approximate surface area is 157 Å². The molecule has 0 atom stereocenters. The molecule has 8 heteroatoms. The molecule has 1 aromatic carbocycles. The molecule has 1 rings (SSSR count). The van der Waals surface area contributed by atoms with E-state index in [9.17, 15) is 9.13 Å². The Kier molecular flexibility index (Phi) is 10.9. The monoisotopic (exact) mass is 406 g/mol. The molecule has 0 spiro atoms. The van der Waals surface area contributed by atoms with Crippen molar-refractivity contribution in [1.29, 1.82) is 0 Å². The van der Waals surface area contributed by atoms with Crippen LogP contribution >= 0.6 is 15.2 Å². The SMILES string of the molecule is CCOP(=O)(OCC)C(CCCc1ccccc1)P(=O)(OCC)OCC. The fraction of sp³-hybridized carbons (Fsp3) is 0.667. The second-order valence-corrected chi connectivity index (χ2v) is 10.5. The highest BCUT2D eigenvalue weighted by Crippen LogP contribution is 2.71. The standard InChI is InChI=1S/C18H32O6P2/c1-5-21-25(19,22-6-2)18(26(20,23-7-3)24-8-4)16-12-15-17-13-10-9-11-14-17/h9-11,13-14,18H,5-8,12,15-16H2,1-4H3. The zero-order valence-corrected chi connectivity index (χ0v) is 18.0. The second kappa shape index (κ2) is 12.1. The second-order valence-electron chi connectivity index (χ2n) is 5.61. The van der Waals surface area contributed by atoms with E-state index < -0.39 is 20.6 Å². The highest BCUT2D eigenvalue weighted by Gasteiger charge is 2.50. The first-order valence-corrected chi connectivity index (χ1v) is 12.5. The van der Waals surface area contributed by atoms with Gasteiger partial charge in [0.25, 0.3) is 0 Å². The highest BCUT2D eigenvalue weighted by molar-refractivity contribution is 7.72. The van der Waals surface area contributed by atoms with Crippen LogP contribution in [0.2, 0.25) is 0 Å². The normalized spacial score (nSPS) is 12.7.